The predicted octanol–water partition coefficient (Wildman–Crippen LogP) is 2.76. The quantitative estimate of drug-likeness (QED) is 0.734. The fraction of sp³-hybridized carbons (Fsp3) is 0.250. The van der Waals surface area contributed by atoms with E-state index in [1.54, 1.807) is 23.8 Å². The molecule has 0 amide bonds. The Labute approximate surface area is 134 Å². The highest BCUT2D eigenvalue weighted by molar-refractivity contribution is 7.90. The van der Waals surface area contributed by atoms with Gasteiger partial charge in [-0.3, -0.25) is 4.57 Å². The molecule has 0 spiro atoms. The van der Waals surface area contributed by atoms with Crippen LogP contribution in [0.1, 0.15) is 22.6 Å². The van der Waals surface area contributed by atoms with Crippen LogP contribution in [-0.4, -0.2) is 23.1 Å². The number of aryl methyl sites for hydroxylation is 3. The number of hydrogen-bond donors (Lipinski definition) is 0. The number of aromatic nitrogens is 3. The van der Waals surface area contributed by atoms with E-state index in [4.69, 9.17) is 4.52 Å². The second-order valence-corrected chi connectivity index (χ2v) is 7.50. The molecule has 0 N–H and O–H groups in total. The van der Waals surface area contributed by atoms with E-state index < -0.39 is 9.84 Å². The smallest absolute Gasteiger partial charge is 0.232 e. The first-order valence-corrected chi connectivity index (χ1v) is 8.77. The normalized spacial score (nSPS) is 11.8. The maximum absolute atomic E-state index is 12.7. The third-order valence-electron chi connectivity index (χ3n) is 3.38. The third kappa shape index (κ3) is 3.19. The van der Waals surface area contributed by atoms with Crippen LogP contribution in [0, 0.1) is 20.8 Å². The zero-order chi connectivity index (χ0) is 16.6. The summed E-state index contributed by atoms with van der Waals surface area (Å²) >= 11 is 0. The topological polar surface area (TPSA) is 78.0 Å². The van der Waals surface area contributed by atoms with E-state index in [1.165, 1.54) is 6.20 Å². The Morgan fingerprint density at radius 1 is 1.09 bits per heavy atom. The van der Waals surface area contributed by atoms with Gasteiger partial charge in [0.25, 0.3) is 0 Å². The summed E-state index contributed by atoms with van der Waals surface area (Å²) in [4.78, 5) is 4.04. The minimum Gasteiger partial charge on any atom is -0.361 e. The molecule has 0 saturated carbocycles. The lowest BCUT2D eigenvalue weighted by Gasteiger charge is -2.10. The van der Waals surface area contributed by atoms with Crippen molar-refractivity contribution in [2.75, 3.05) is 0 Å². The zero-order valence-electron chi connectivity index (χ0n) is 13.1. The van der Waals surface area contributed by atoms with E-state index in [2.05, 4.69) is 10.1 Å². The van der Waals surface area contributed by atoms with Crippen LogP contribution >= 0.6 is 0 Å². The lowest BCUT2D eigenvalue weighted by Crippen LogP contribution is -2.12. The molecule has 23 heavy (non-hydrogen) atoms. The lowest BCUT2D eigenvalue weighted by molar-refractivity contribution is 0.392. The summed E-state index contributed by atoms with van der Waals surface area (Å²) < 4.78 is 31.9. The summed E-state index contributed by atoms with van der Waals surface area (Å²) in [5, 5.41) is 3.75. The van der Waals surface area contributed by atoms with Crippen LogP contribution in [0.25, 0.3) is 5.69 Å². The van der Waals surface area contributed by atoms with Gasteiger partial charge in [-0.2, -0.15) is 0 Å². The third-order valence-corrected chi connectivity index (χ3v) is 4.92. The molecule has 1 aromatic carbocycles. The van der Waals surface area contributed by atoms with Crippen LogP contribution in [0.5, 0.6) is 0 Å². The van der Waals surface area contributed by atoms with Gasteiger partial charge in [-0.1, -0.05) is 11.2 Å². The van der Waals surface area contributed by atoms with Gasteiger partial charge < -0.3 is 4.52 Å². The molecule has 0 radical (unpaired) electrons. The van der Waals surface area contributed by atoms with E-state index in [0.29, 0.717) is 11.5 Å². The summed E-state index contributed by atoms with van der Waals surface area (Å²) in [6, 6.07) is 7.50. The van der Waals surface area contributed by atoms with Crippen molar-refractivity contribution in [3.63, 3.8) is 0 Å². The Morgan fingerprint density at radius 2 is 1.78 bits per heavy atom. The summed E-state index contributed by atoms with van der Waals surface area (Å²) in [5.41, 5.74) is 3.26. The Bertz CT molecular complexity index is 934. The van der Waals surface area contributed by atoms with Crippen LogP contribution in [0.3, 0.4) is 0 Å². The molecule has 0 aliphatic rings. The molecule has 0 aliphatic heterocycles. The Balaban J connectivity index is 2.03. The van der Waals surface area contributed by atoms with E-state index in [9.17, 15) is 8.42 Å². The maximum atomic E-state index is 12.7. The molecule has 2 heterocycles. The Morgan fingerprint density at radius 3 is 2.39 bits per heavy atom. The summed E-state index contributed by atoms with van der Waals surface area (Å²) in [5.74, 6) is 0.333. The highest BCUT2D eigenvalue weighted by Gasteiger charge is 2.23. The monoisotopic (exact) mass is 331 g/mol. The van der Waals surface area contributed by atoms with Gasteiger partial charge in [-0.25, -0.2) is 13.4 Å². The van der Waals surface area contributed by atoms with Crippen molar-refractivity contribution >= 4 is 9.84 Å². The van der Waals surface area contributed by atoms with E-state index in [0.717, 1.165) is 16.8 Å². The van der Waals surface area contributed by atoms with Crippen LogP contribution in [0.4, 0.5) is 0 Å². The number of hydrogen-bond acceptors (Lipinski definition) is 5. The average Bonchev–Trinajstić information content (AvgIpc) is 3.06. The van der Waals surface area contributed by atoms with Crippen LogP contribution < -0.4 is 0 Å². The molecular weight excluding hydrogens is 314 g/mol. The molecule has 0 bridgehead atoms. The van der Waals surface area contributed by atoms with Gasteiger partial charge in [0.2, 0.25) is 15.0 Å². The summed E-state index contributed by atoms with van der Waals surface area (Å²) in [6.07, 6.45) is 3.13. The van der Waals surface area contributed by atoms with Crippen molar-refractivity contribution in [3.8, 4) is 5.69 Å². The number of sulfone groups is 1. The molecular formula is C16H17N3O3S. The first-order chi connectivity index (χ1) is 10.8. The van der Waals surface area contributed by atoms with E-state index >= 15 is 0 Å². The van der Waals surface area contributed by atoms with Crippen LogP contribution in [0.2, 0.25) is 0 Å². The molecule has 3 aromatic rings. The van der Waals surface area contributed by atoms with Gasteiger partial charge in [0.05, 0.1) is 5.69 Å². The van der Waals surface area contributed by atoms with Gasteiger partial charge in [-0.05, 0) is 44.0 Å². The largest absolute Gasteiger partial charge is 0.361 e. The van der Waals surface area contributed by atoms with Crippen molar-refractivity contribution in [1.29, 1.82) is 0 Å². The second-order valence-electron chi connectivity index (χ2n) is 5.61. The minimum atomic E-state index is -3.63. The SMILES string of the molecule is Cc1cc(C)cc(-n2ccnc2S(=O)(=O)Cc2cc(C)on2)c1. The highest BCUT2D eigenvalue weighted by Crippen LogP contribution is 2.21. The van der Waals surface area contributed by atoms with Crippen LogP contribution in [-0.2, 0) is 15.6 Å². The Hall–Kier alpha value is -2.41. The van der Waals surface area contributed by atoms with Gasteiger partial charge in [-0.15, -0.1) is 0 Å². The molecule has 0 aliphatic carbocycles. The fourth-order valence-corrected chi connectivity index (χ4v) is 3.89. The summed E-state index contributed by atoms with van der Waals surface area (Å²) in [7, 11) is -3.63. The van der Waals surface area contributed by atoms with Crippen molar-refractivity contribution < 1.29 is 12.9 Å². The molecule has 0 saturated heterocycles. The molecule has 0 unspecified atom stereocenters. The molecule has 3 rings (SSSR count). The number of imidazole rings is 1. The summed E-state index contributed by atoms with van der Waals surface area (Å²) in [6.45, 7) is 5.67. The number of rotatable bonds is 4. The highest BCUT2D eigenvalue weighted by atomic mass is 32.2. The minimum absolute atomic E-state index is 0.00292. The van der Waals surface area contributed by atoms with Crippen molar-refractivity contribution in [1.82, 2.24) is 14.7 Å². The zero-order valence-corrected chi connectivity index (χ0v) is 14.0. The molecule has 2 aromatic heterocycles. The van der Waals surface area contributed by atoms with Crippen LogP contribution in [0.15, 0.2) is 46.3 Å². The van der Waals surface area contributed by atoms with E-state index in [1.807, 2.05) is 32.0 Å². The average molecular weight is 331 g/mol. The van der Waals surface area contributed by atoms with Crippen molar-refractivity contribution in [2.24, 2.45) is 0 Å². The van der Waals surface area contributed by atoms with Gasteiger partial charge in [0, 0.05) is 24.1 Å². The second kappa shape index (κ2) is 5.66. The molecule has 0 atom stereocenters. The molecule has 120 valence electrons. The standard InChI is InChI=1S/C16H17N3O3S/c1-11-6-12(2)8-15(7-11)19-5-4-17-16(19)23(20,21)10-14-9-13(3)22-18-14/h4-9H,10H2,1-3H3. The van der Waals surface area contributed by atoms with Crippen molar-refractivity contribution in [2.45, 2.75) is 31.7 Å². The molecule has 0 fully saturated rings. The maximum Gasteiger partial charge on any atom is 0.232 e. The van der Waals surface area contributed by atoms with Gasteiger partial charge in [0.15, 0.2) is 0 Å². The number of nitrogens with zero attached hydrogens (tertiary/aromatic N) is 3. The fourth-order valence-electron chi connectivity index (χ4n) is 2.55. The van der Waals surface area contributed by atoms with E-state index in [-0.39, 0.29) is 10.9 Å². The first-order valence-electron chi connectivity index (χ1n) is 7.12. The first kappa shape index (κ1) is 15.5. The predicted molar refractivity (Wildman–Crippen MR) is 85.2 cm³/mol. The molecule has 6 nitrogen and oxygen atoms in total. The Kier molecular flexibility index (Phi) is 3.81. The van der Waals surface area contributed by atoms with Gasteiger partial charge in [0.1, 0.15) is 11.5 Å². The van der Waals surface area contributed by atoms with Gasteiger partial charge >= 0.3 is 0 Å². The lowest BCUT2D eigenvalue weighted by atomic mass is 10.1. The van der Waals surface area contributed by atoms with Crippen molar-refractivity contribution in [3.05, 3.63) is 59.2 Å². The number of benzene rings is 1. The molecule has 7 heteroatoms.